The first-order valence-corrected chi connectivity index (χ1v) is 4.74. The zero-order chi connectivity index (χ0) is 9.11. The van der Waals surface area contributed by atoms with Crippen molar-refractivity contribution in [2.45, 2.75) is 46.7 Å². The van der Waals surface area contributed by atoms with E-state index in [2.05, 4.69) is 5.32 Å². The SMILES string of the molecule is CC.CC.FC1CCNCC1. The number of piperidine rings is 1. The first-order valence-electron chi connectivity index (χ1n) is 4.74. The van der Waals surface area contributed by atoms with E-state index in [4.69, 9.17) is 0 Å². The van der Waals surface area contributed by atoms with Gasteiger partial charge in [0, 0.05) is 0 Å². The minimum atomic E-state index is -0.527. The largest absolute Gasteiger partial charge is 0.317 e. The van der Waals surface area contributed by atoms with E-state index >= 15 is 0 Å². The molecule has 2 heteroatoms. The van der Waals surface area contributed by atoms with Crippen LogP contribution in [0.25, 0.3) is 0 Å². The fourth-order valence-electron chi connectivity index (χ4n) is 0.787. The van der Waals surface area contributed by atoms with Gasteiger partial charge in [-0.3, -0.25) is 0 Å². The Bertz CT molecular complexity index is 51.5. The molecule has 1 fully saturated rings. The van der Waals surface area contributed by atoms with Gasteiger partial charge in [0.1, 0.15) is 6.17 Å². The van der Waals surface area contributed by atoms with Crippen LogP contribution in [0.4, 0.5) is 4.39 Å². The topological polar surface area (TPSA) is 12.0 Å². The maximum atomic E-state index is 12.1. The second kappa shape index (κ2) is 12.6. The summed E-state index contributed by atoms with van der Waals surface area (Å²) < 4.78 is 12.1. The molecule has 70 valence electrons. The summed E-state index contributed by atoms with van der Waals surface area (Å²) in [5.41, 5.74) is 0. The Morgan fingerprint density at radius 2 is 1.36 bits per heavy atom. The Kier molecular flexibility index (Phi) is 15.4. The van der Waals surface area contributed by atoms with Crippen LogP contribution in [0.15, 0.2) is 0 Å². The Morgan fingerprint density at radius 3 is 1.55 bits per heavy atom. The average Bonchev–Trinajstić information content (AvgIpc) is 2.13. The summed E-state index contributed by atoms with van der Waals surface area (Å²) in [5, 5.41) is 3.08. The van der Waals surface area contributed by atoms with Gasteiger partial charge in [-0.15, -0.1) is 0 Å². The molecule has 1 saturated heterocycles. The molecular formula is C9H22FN. The van der Waals surface area contributed by atoms with Gasteiger partial charge in [-0.25, -0.2) is 4.39 Å². The van der Waals surface area contributed by atoms with Crippen LogP contribution in [0.3, 0.4) is 0 Å². The third kappa shape index (κ3) is 9.89. The summed E-state index contributed by atoms with van der Waals surface area (Å²) in [7, 11) is 0. The van der Waals surface area contributed by atoms with Gasteiger partial charge in [-0.2, -0.15) is 0 Å². The molecule has 0 radical (unpaired) electrons. The summed E-state index contributed by atoms with van der Waals surface area (Å²) in [6, 6.07) is 0. The highest BCUT2D eigenvalue weighted by Gasteiger charge is 2.09. The minimum absolute atomic E-state index is 0.527. The Labute approximate surface area is 70.4 Å². The molecule has 1 rings (SSSR count). The predicted molar refractivity (Wildman–Crippen MR) is 49.7 cm³/mol. The maximum Gasteiger partial charge on any atom is 0.103 e. The maximum absolute atomic E-state index is 12.1. The molecular weight excluding hydrogens is 141 g/mol. The van der Waals surface area contributed by atoms with E-state index < -0.39 is 6.17 Å². The molecule has 1 aliphatic rings. The van der Waals surface area contributed by atoms with Crippen molar-refractivity contribution >= 4 is 0 Å². The van der Waals surface area contributed by atoms with E-state index in [0.717, 1.165) is 13.1 Å². The molecule has 0 aromatic rings. The molecule has 0 unspecified atom stereocenters. The van der Waals surface area contributed by atoms with Crippen LogP contribution in [0.5, 0.6) is 0 Å². The van der Waals surface area contributed by atoms with Crippen molar-refractivity contribution in [1.29, 1.82) is 0 Å². The lowest BCUT2D eigenvalue weighted by molar-refractivity contribution is 0.262. The van der Waals surface area contributed by atoms with E-state index in [1.54, 1.807) is 0 Å². The smallest absolute Gasteiger partial charge is 0.103 e. The van der Waals surface area contributed by atoms with Gasteiger partial charge in [0.25, 0.3) is 0 Å². The number of hydrogen-bond donors (Lipinski definition) is 1. The number of halogens is 1. The molecule has 0 spiro atoms. The van der Waals surface area contributed by atoms with Crippen molar-refractivity contribution < 1.29 is 4.39 Å². The average molecular weight is 163 g/mol. The number of hydrogen-bond acceptors (Lipinski definition) is 1. The molecule has 1 nitrogen and oxygen atoms in total. The molecule has 0 saturated carbocycles. The van der Waals surface area contributed by atoms with Gasteiger partial charge in [-0.05, 0) is 25.9 Å². The molecule has 0 aliphatic carbocycles. The number of nitrogens with one attached hydrogen (secondary N) is 1. The van der Waals surface area contributed by atoms with Gasteiger partial charge in [0.05, 0.1) is 0 Å². The molecule has 11 heavy (non-hydrogen) atoms. The van der Waals surface area contributed by atoms with Crippen molar-refractivity contribution in [3.63, 3.8) is 0 Å². The van der Waals surface area contributed by atoms with Crippen molar-refractivity contribution in [1.82, 2.24) is 5.32 Å². The van der Waals surface area contributed by atoms with Gasteiger partial charge in [0.2, 0.25) is 0 Å². The van der Waals surface area contributed by atoms with Crippen LogP contribution < -0.4 is 5.32 Å². The third-order valence-corrected chi connectivity index (χ3v) is 1.27. The van der Waals surface area contributed by atoms with Crippen LogP contribution >= 0.6 is 0 Å². The number of rotatable bonds is 0. The molecule has 0 amide bonds. The van der Waals surface area contributed by atoms with Gasteiger partial charge in [0.15, 0.2) is 0 Å². The fourth-order valence-corrected chi connectivity index (χ4v) is 0.787. The van der Waals surface area contributed by atoms with Crippen molar-refractivity contribution in [2.75, 3.05) is 13.1 Å². The molecule has 1 N–H and O–H groups in total. The second-order valence-corrected chi connectivity index (χ2v) is 1.92. The van der Waals surface area contributed by atoms with Crippen LogP contribution in [0.2, 0.25) is 0 Å². The van der Waals surface area contributed by atoms with Crippen LogP contribution in [-0.4, -0.2) is 19.3 Å². The van der Waals surface area contributed by atoms with Gasteiger partial charge >= 0.3 is 0 Å². The summed E-state index contributed by atoms with van der Waals surface area (Å²) in [5.74, 6) is 0. The Morgan fingerprint density at radius 1 is 1.00 bits per heavy atom. The zero-order valence-corrected chi connectivity index (χ0v) is 8.28. The highest BCUT2D eigenvalue weighted by molar-refractivity contribution is 4.65. The van der Waals surface area contributed by atoms with Crippen LogP contribution in [-0.2, 0) is 0 Å². The fraction of sp³-hybridized carbons (Fsp3) is 1.00. The van der Waals surface area contributed by atoms with Crippen molar-refractivity contribution in [2.24, 2.45) is 0 Å². The Balaban J connectivity index is 0. The zero-order valence-electron chi connectivity index (χ0n) is 8.28. The second-order valence-electron chi connectivity index (χ2n) is 1.92. The van der Waals surface area contributed by atoms with Gasteiger partial charge in [-0.1, -0.05) is 27.7 Å². The predicted octanol–water partition coefficient (Wildman–Crippen LogP) is 2.76. The first kappa shape index (κ1) is 13.5. The normalized spacial score (nSPS) is 17.2. The molecule has 0 atom stereocenters. The molecule has 0 aromatic heterocycles. The Hall–Kier alpha value is -0.110. The summed E-state index contributed by atoms with van der Waals surface area (Å²) in [4.78, 5) is 0. The van der Waals surface area contributed by atoms with Crippen molar-refractivity contribution in [3.05, 3.63) is 0 Å². The summed E-state index contributed by atoms with van der Waals surface area (Å²) in [6.45, 7) is 9.72. The highest BCUT2D eigenvalue weighted by atomic mass is 19.1. The molecule has 0 aromatic carbocycles. The van der Waals surface area contributed by atoms with E-state index in [0.29, 0.717) is 12.8 Å². The monoisotopic (exact) mass is 163 g/mol. The highest BCUT2D eigenvalue weighted by Crippen LogP contribution is 2.04. The van der Waals surface area contributed by atoms with Crippen LogP contribution in [0.1, 0.15) is 40.5 Å². The minimum Gasteiger partial charge on any atom is -0.317 e. The van der Waals surface area contributed by atoms with Crippen LogP contribution in [0, 0.1) is 0 Å². The van der Waals surface area contributed by atoms with E-state index in [-0.39, 0.29) is 0 Å². The number of alkyl halides is 1. The van der Waals surface area contributed by atoms with Gasteiger partial charge < -0.3 is 5.32 Å². The van der Waals surface area contributed by atoms with E-state index in [1.165, 1.54) is 0 Å². The quantitative estimate of drug-likeness (QED) is 0.579. The first-order chi connectivity index (χ1) is 5.39. The summed E-state index contributed by atoms with van der Waals surface area (Å²) >= 11 is 0. The van der Waals surface area contributed by atoms with E-state index in [1.807, 2.05) is 27.7 Å². The van der Waals surface area contributed by atoms with Crippen molar-refractivity contribution in [3.8, 4) is 0 Å². The summed E-state index contributed by atoms with van der Waals surface area (Å²) in [6.07, 6.45) is 0.890. The standard InChI is InChI=1S/C5H10FN.2C2H6/c6-5-1-3-7-4-2-5;2*1-2/h5,7H,1-4H2;2*1-2H3. The third-order valence-electron chi connectivity index (χ3n) is 1.27. The lowest BCUT2D eigenvalue weighted by Crippen LogP contribution is -2.28. The van der Waals surface area contributed by atoms with E-state index in [9.17, 15) is 4.39 Å². The molecule has 0 bridgehead atoms. The lowest BCUT2D eigenvalue weighted by atomic mass is 10.1. The molecule has 1 aliphatic heterocycles. The lowest BCUT2D eigenvalue weighted by Gasteiger charge is -2.14. The molecule has 1 heterocycles.